The van der Waals surface area contributed by atoms with Gasteiger partial charge in [-0.05, 0) is 56.2 Å². The van der Waals surface area contributed by atoms with Crippen molar-refractivity contribution in [2.45, 2.75) is 30.4 Å². The van der Waals surface area contributed by atoms with Crippen LogP contribution >= 0.6 is 34.5 Å². The molecule has 0 saturated carbocycles. The molecule has 0 bridgehead atoms. The third-order valence-corrected chi connectivity index (χ3v) is 9.31. The van der Waals surface area contributed by atoms with Crippen molar-refractivity contribution in [1.82, 2.24) is 20.0 Å². The van der Waals surface area contributed by atoms with Gasteiger partial charge in [0.05, 0.1) is 16.4 Å². The minimum absolute atomic E-state index is 0.0110. The highest BCUT2D eigenvalue weighted by Crippen LogP contribution is 2.35. The quantitative estimate of drug-likeness (QED) is 0.261. The van der Waals surface area contributed by atoms with Crippen molar-refractivity contribution in [2.24, 2.45) is 0 Å². The summed E-state index contributed by atoms with van der Waals surface area (Å²) < 4.78 is 33.0. The molecule has 1 amide bonds. The van der Waals surface area contributed by atoms with Crippen LogP contribution in [0.5, 0.6) is 5.75 Å². The lowest BCUT2D eigenvalue weighted by Gasteiger charge is -2.26. The SMILES string of the molecule is Cc1c(C(=O)NN2CCCCC2)nc(-c2ccc(Cl)cc2Cl)n1-c1csc(S(=O)(=O)Oc2ccccc2)c1. The summed E-state index contributed by atoms with van der Waals surface area (Å²) in [4.78, 5) is 17.9. The van der Waals surface area contributed by atoms with Gasteiger partial charge in [-0.3, -0.25) is 14.8 Å². The van der Waals surface area contributed by atoms with Gasteiger partial charge in [-0.15, -0.1) is 11.3 Å². The van der Waals surface area contributed by atoms with Crippen molar-refractivity contribution in [2.75, 3.05) is 13.1 Å². The van der Waals surface area contributed by atoms with Crippen LogP contribution in [0, 0.1) is 6.92 Å². The van der Waals surface area contributed by atoms with Crippen LogP contribution in [0.2, 0.25) is 10.0 Å². The molecule has 0 radical (unpaired) electrons. The highest BCUT2D eigenvalue weighted by Gasteiger charge is 2.27. The zero-order chi connectivity index (χ0) is 26.9. The van der Waals surface area contributed by atoms with E-state index >= 15 is 0 Å². The Balaban J connectivity index is 1.56. The molecule has 2 aromatic carbocycles. The van der Waals surface area contributed by atoms with Gasteiger partial charge in [0, 0.05) is 29.1 Å². The standard InChI is InChI=1S/C26H24Cl2N4O4S2/c1-17-24(26(33)30-31-12-6-3-7-13-31)29-25(21-11-10-18(27)14-22(21)28)32(17)19-15-23(37-16-19)38(34,35)36-20-8-4-2-5-9-20/h2,4-5,8-11,14-16H,3,6-7,12-13H2,1H3,(H,30,33). The predicted molar refractivity (Wildman–Crippen MR) is 149 cm³/mol. The van der Waals surface area contributed by atoms with Gasteiger partial charge < -0.3 is 4.18 Å². The van der Waals surface area contributed by atoms with E-state index < -0.39 is 10.1 Å². The molecule has 0 aliphatic carbocycles. The average Bonchev–Trinajstić information content (AvgIpc) is 3.50. The number of thiophene rings is 1. The van der Waals surface area contributed by atoms with Crippen molar-refractivity contribution >= 4 is 50.6 Å². The number of rotatable bonds is 7. The van der Waals surface area contributed by atoms with Gasteiger partial charge in [0.2, 0.25) is 0 Å². The molecule has 3 heterocycles. The van der Waals surface area contributed by atoms with E-state index in [4.69, 9.17) is 27.4 Å². The Morgan fingerprint density at radius 1 is 1.05 bits per heavy atom. The van der Waals surface area contributed by atoms with Gasteiger partial charge in [0.25, 0.3) is 5.91 Å². The van der Waals surface area contributed by atoms with Gasteiger partial charge >= 0.3 is 10.1 Å². The van der Waals surface area contributed by atoms with E-state index in [2.05, 4.69) is 10.4 Å². The van der Waals surface area contributed by atoms with Crippen LogP contribution in [0.15, 0.2) is 64.2 Å². The van der Waals surface area contributed by atoms with Crippen LogP contribution in [0.3, 0.4) is 0 Å². The summed E-state index contributed by atoms with van der Waals surface area (Å²) >= 11 is 13.7. The summed E-state index contributed by atoms with van der Waals surface area (Å²) in [6, 6.07) is 14.8. The summed E-state index contributed by atoms with van der Waals surface area (Å²) in [5.41, 5.74) is 4.76. The molecule has 0 atom stereocenters. The first kappa shape index (κ1) is 26.7. The van der Waals surface area contributed by atoms with Crippen molar-refractivity contribution < 1.29 is 17.4 Å². The van der Waals surface area contributed by atoms with Gasteiger partial charge in [-0.25, -0.2) is 9.99 Å². The minimum Gasteiger partial charge on any atom is -0.378 e. The van der Waals surface area contributed by atoms with Gasteiger partial charge in [-0.2, -0.15) is 8.42 Å². The summed E-state index contributed by atoms with van der Waals surface area (Å²) in [5, 5.41) is 4.38. The maximum atomic E-state index is 13.3. The van der Waals surface area contributed by atoms with Crippen molar-refractivity contribution in [1.29, 1.82) is 0 Å². The van der Waals surface area contributed by atoms with E-state index in [-0.39, 0.29) is 21.6 Å². The molecule has 0 unspecified atom stereocenters. The van der Waals surface area contributed by atoms with E-state index in [0.717, 1.165) is 43.7 Å². The highest BCUT2D eigenvalue weighted by atomic mass is 35.5. The maximum Gasteiger partial charge on any atom is 0.348 e. The Morgan fingerprint density at radius 3 is 2.50 bits per heavy atom. The number of aromatic nitrogens is 2. The lowest BCUT2D eigenvalue weighted by molar-refractivity contribution is 0.0744. The number of hydrazine groups is 1. The molecule has 198 valence electrons. The molecule has 38 heavy (non-hydrogen) atoms. The number of imidazole rings is 1. The van der Waals surface area contributed by atoms with Crippen LogP contribution in [-0.4, -0.2) is 42.0 Å². The number of carbonyl (C=O) groups excluding carboxylic acids is 1. The zero-order valence-corrected chi connectivity index (χ0v) is 23.5. The Bertz CT molecular complexity index is 1580. The number of halogens is 2. The van der Waals surface area contributed by atoms with Gasteiger partial charge in [-0.1, -0.05) is 47.8 Å². The Kier molecular flexibility index (Phi) is 7.78. The van der Waals surface area contributed by atoms with E-state index in [1.807, 2.05) is 5.01 Å². The number of hydrogen-bond donors (Lipinski definition) is 1. The molecule has 1 aliphatic rings. The van der Waals surface area contributed by atoms with Crippen LogP contribution in [0.25, 0.3) is 17.1 Å². The zero-order valence-electron chi connectivity index (χ0n) is 20.4. The number of nitrogens with zero attached hydrogens (tertiary/aromatic N) is 3. The van der Waals surface area contributed by atoms with Crippen molar-refractivity contribution in [3.63, 3.8) is 0 Å². The second kappa shape index (κ2) is 11.1. The summed E-state index contributed by atoms with van der Waals surface area (Å²) in [6.07, 6.45) is 3.16. The fourth-order valence-corrected chi connectivity index (χ4v) is 6.81. The summed E-state index contributed by atoms with van der Waals surface area (Å²) in [7, 11) is -4.08. The lowest BCUT2D eigenvalue weighted by atomic mass is 10.2. The third kappa shape index (κ3) is 5.60. The van der Waals surface area contributed by atoms with Crippen LogP contribution in [0.4, 0.5) is 0 Å². The number of para-hydroxylation sites is 1. The Labute approximate surface area is 234 Å². The molecular weight excluding hydrogens is 567 g/mol. The van der Waals surface area contributed by atoms with Crippen LogP contribution in [-0.2, 0) is 10.1 Å². The smallest absolute Gasteiger partial charge is 0.348 e. The number of amides is 1. The predicted octanol–water partition coefficient (Wildman–Crippen LogP) is 6.11. The molecule has 8 nitrogen and oxygen atoms in total. The monoisotopic (exact) mass is 590 g/mol. The number of carbonyl (C=O) groups is 1. The van der Waals surface area contributed by atoms with Crippen molar-refractivity contribution in [3.05, 3.63) is 81.4 Å². The second-order valence-corrected chi connectivity index (χ2v) is 12.3. The summed E-state index contributed by atoms with van der Waals surface area (Å²) in [5.74, 6) is 0.259. The maximum absolute atomic E-state index is 13.3. The van der Waals surface area contributed by atoms with E-state index in [9.17, 15) is 13.2 Å². The number of nitrogens with one attached hydrogen (secondary N) is 1. The topological polar surface area (TPSA) is 93.5 Å². The largest absolute Gasteiger partial charge is 0.378 e. The normalized spacial score (nSPS) is 14.4. The minimum atomic E-state index is -4.08. The molecule has 0 spiro atoms. The van der Waals surface area contributed by atoms with E-state index in [0.29, 0.717) is 32.8 Å². The number of piperidine rings is 1. The first-order valence-electron chi connectivity index (χ1n) is 11.9. The van der Waals surface area contributed by atoms with Gasteiger partial charge in [0.1, 0.15) is 11.6 Å². The average molecular weight is 592 g/mol. The Morgan fingerprint density at radius 2 is 1.79 bits per heavy atom. The molecule has 12 heteroatoms. The molecule has 5 rings (SSSR count). The first-order chi connectivity index (χ1) is 18.2. The highest BCUT2D eigenvalue weighted by molar-refractivity contribution is 7.89. The number of benzene rings is 2. The van der Waals surface area contributed by atoms with Gasteiger partial charge in [0.15, 0.2) is 9.90 Å². The molecular formula is C26H24Cl2N4O4S2. The molecule has 4 aromatic rings. The van der Waals surface area contributed by atoms with E-state index in [1.54, 1.807) is 65.4 Å². The number of hydrogen-bond acceptors (Lipinski definition) is 7. The fourth-order valence-electron chi connectivity index (χ4n) is 4.29. The lowest BCUT2D eigenvalue weighted by Crippen LogP contribution is -2.45. The molecule has 1 aliphatic heterocycles. The molecule has 1 saturated heterocycles. The molecule has 1 N–H and O–H groups in total. The first-order valence-corrected chi connectivity index (χ1v) is 15.0. The Hall–Kier alpha value is -2.89. The third-order valence-electron chi connectivity index (χ3n) is 6.13. The fraction of sp³-hybridized carbons (Fsp3) is 0.231. The van der Waals surface area contributed by atoms with Crippen LogP contribution in [0.1, 0.15) is 35.4 Å². The summed E-state index contributed by atoms with van der Waals surface area (Å²) in [6.45, 7) is 3.31. The van der Waals surface area contributed by atoms with E-state index in [1.165, 1.54) is 6.07 Å². The second-order valence-electron chi connectivity index (χ2n) is 8.79. The van der Waals surface area contributed by atoms with Crippen LogP contribution < -0.4 is 9.61 Å². The molecule has 2 aromatic heterocycles. The van der Waals surface area contributed by atoms with Crippen molar-refractivity contribution in [3.8, 4) is 22.8 Å². The molecule has 1 fully saturated rings.